The van der Waals surface area contributed by atoms with Crippen LogP contribution in [-0.4, -0.2) is 16.9 Å². The fraction of sp³-hybridized carbons (Fsp3) is 0. The van der Waals surface area contributed by atoms with Crippen LogP contribution in [0.3, 0.4) is 0 Å². The first-order valence-corrected chi connectivity index (χ1v) is 8.10. The highest BCUT2D eigenvalue weighted by Gasteiger charge is 2.09. The molecule has 23 heavy (non-hydrogen) atoms. The lowest BCUT2D eigenvalue weighted by molar-refractivity contribution is -0.115. The van der Waals surface area contributed by atoms with Crippen LogP contribution < -0.4 is 16.2 Å². The van der Waals surface area contributed by atoms with Gasteiger partial charge in [-0.1, -0.05) is 29.8 Å². The second kappa shape index (κ2) is 8.42. The quantitative estimate of drug-likeness (QED) is 0.444. The van der Waals surface area contributed by atoms with Crippen molar-refractivity contribution in [2.45, 2.75) is 0 Å². The molecule has 0 unspecified atom stereocenters. The number of carbonyl (C=O) groups excluding carboxylic acids is 2. The zero-order chi connectivity index (χ0) is 16.7. The standard InChI is InChI=1S/C15H12ClN3O2S2/c16-12-6-2-1-5-11(12)14(21)18-19-15(22)17-13(20)8-7-10-4-3-9-23-10/h1-9H,(H,18,21)(H2,17,19,20,22)/b8-7+. The summed E-state index contributed by atoms with van der Waals surface area (Å²) in [6.07, 6.45) is 3.03. The zero-order valence-electron chi connectivity index (χ0n) is 11.7. The number of hydrazine groups is 1. The predicted octanol–water partition coefficient (Wildman–Crippen LogP) is 2.75. The fourth-order valence-corrected chi connectivity index (χ4v) is 2.55. The lowest BCUT2D eigenvalue weighted by Crippen LogP contribution is -2.48. The molecule has 0 aliphatic heterocycles. The molecule has 0 fully saturated rings. The topological polar surface area (TPSA) is 70.2 Å². The van der Waals surface area contributed by atoms with E-state index in [0.717, 1.165) is 4.88 Å². The summed E-state index contributed by atoms with van der Waals surface area (Å²) in [6.45, 7) is 0. The lowest BCUT2D eigenvalue weighted by atomic mass is 10.2. The van der Waals surface area contributed by atoms with Gasteiger partial charge in [0.1, 0.15) is 0 Å². The number of hydrogen-bond acceptors (Lipinski definition) is 4. The third kappa shape index (κ3) is 5.48. The molecule has 0 spiro atoms. The SMILES string of the molecule is O=C(/C=C/c1cccs1)NC(=S)NNC(=O)c1ccccc1Cl. The Morgan fingerprint density at radius 1 is 1.13 bits per heavy atom. The average molecular weight is 366 g/mol. The maximum atomic E-state index is 11.9. The van der Waals surface area contributed by atoms with Crippen molar-refractivity contribution < 1.29 is 9.59 Å². The van der Waals surface area contributed by atoms with Gasteiger partial charge in [-0.2, -0.15) is 0 Å². The second-order valence-corrected chi connectivity index (χ2v) is 6.02. The average Bonchev–Trinajstić information content (AvgIpc) is 3.04. The minimum absolute atomic E-state index is 0.0220. The van der Waals surface area contributed by atoms with Crippen LogP contribution in [0, 0.1) is 0 Å². The number of thiocarbonyl (C=S) groups is 1. The maximum Gasteiger partial charge on any atom is 0.271 e. The van der Waals surface area contributed by atoms with Crippen LogP contribution in [0.25, 0.3) is 6.08 Å². The van der Waals surface area contributed by atoms with Gasteiger partial charge in [0.2, 0.25) is 5.91 Å². The molecule has 2 aromatic rings. The van der Waals surface area contributed by atoms with E-state index in [1.54, 1.807) is 30.3 Å². The van der Waals surface area contributed by atoms with E-state index < -0.39 is 11.8 Å². The molecule has 0 radical (unpaired) electrons. The highest BCUT2D eigenvalue weighted by molar-refractivity contribution is 7.80. The van der Waals surface area contributed by atoms with Crippen LogP contribution in [0.1, 0.15) is 15.2 Å². The third-order valence-corrected chi connectivity index (χ3v) is 3.96. The third-order valence-electron chi connectivity index (χ3n) is 2.59. The Balaban J connectivity index is 1.80. The minimum Gasteiger partial charge on any atom is -0.298 e. The number of amides is 2. The molecule has 8 heteroatoms. The Labute approximate surface area is 147 Å². The van der Waals surface area contributed by atoms with Crippen molar-refractivity contribution in [1.82, 2.24) is 16.2 Å². The summed E-state index contributed by atoms with van der Waals surface area (Å²) >= 11 is 12.3. The van der Waals surface area contributed by atoms with Gasteiger partial charge in [-0.05, 0) is 41.9 Å². The van der Waals surface area contributed by atoms with Gasteiger partial charge in [-0.3, -0.25) is 25.8 Å². The molecule has 0 saturated carbocycles. The number of halogens is 1. The highest BCUT2D eigenvalue weighted by Crippen LogP contribution is 2.14. The molecular weight excluding hydrogens is 354 g/mol. The van der Waals surface area contributed by atoms with Gasteiger partial charge in [0, 0.05) is 11.0 Å². The first-order chi connectivity index (χ1) is 11.1. The first-order valence-electron chi connectivity index (χ1n) is 6.43. The van der Waals surface area contributed by atoms with E-state index in [0.29, 0.717) is 10.6 Å². The summed E-state index contributed by atoms with van der Waals surface area (Å²) in [7, 11) is 0. The van der Waals surface area contributed by atoms with E-state index in [9.17, 15) is 9.59 Å². The number of thiophene rings is 1. The van der Waals surface area contributed by atoms with E-state index >= 15 is 0 Å². The van der Waals surface area contributed by atoms with Crippen molar-refractivity contribution >= 4 is 58.2 Å². The van der Waals surface area contributed by atoms with Crippen LogP contribution >= 0.6 is 35.2 Å². The second-order valence-electron chi connectivity index (χ2n) is 4.23. The normalized spacial score (nSPS) is 10.3. The van der Waals surface area contributed by atoms with Crippen molar-refractivity contribution in [3.63, 3.8) is 0 Å². The number of carbonyl (C=O) groups is 2. The minimum atomic E-state index is -0.457. The summed E-state index contributed by atoms with van der Waals surface area (Å²) in [5, 5.41) is 4.62. The Hall–Kier alpha value is -2.22. The van der Waals surface area contributed by atoms with Gasteiger partial charge in [0.25, 0.3) is 5.91 Å². The van der Waals surface area contributed by atoms with Crippen LogP contribution in [-0.2, 0) is 4.79 Å². The van der Waals surface area contributed by atoms with Crippen molar-refractivity contribution in [3.8, 4) is 0 Å². The van der Waals surface area contributed by atoms with Gasteiger partial charge in [-0.15, -0.1) is 11.3 Å². The lowest BCUT2D eigenvalue weighted by Gasteiger charge is -2.10. The van der Waals surface area contributed by atoms with E-state index in [1.807, 2.05) is 17.5 Å². The van der Waals surface area contributed by atoms with E-state index in [-0.39, 0.29) is 5.11 Å². The molecule has 1 aromatic carbocycles. The van der Waals surface area contributed by atoms with Crippen LogP contribution in [0.15, 0.2) is 47.9 Å². The Bertz CT molecular complexity index is 745. The molecule has 0 aliphatic rings. The zero-order valence-corrected chi connectivity index (χ0v) is 14.1. The molecule has 0 aliphatic carbocycles. The fourth-order valence-electron chi connectivity index (χ4n) is 1.55. The molecule has 0 saturated heterocycles. The van der Waals surface area contributed by atoms with Gasteiger partial charge in [-0.25, -0.2) is 0 Å². The van der Waals surface area contributed by atoms with Crippen molar-refractivity contribution in [2.24, 2.45) is 0 Å². The Kier molecular flexibility index (Phi) is 6.28. The summed E-state index contributed by atoms with van der Waals surface area (Å²) in [4.78, 5) is 24.5. The van der Waals surface area contributed by atoms with Crippen LogP contribution in [0.4, 0.5) is 0 Å². The van der Waals surface area contributed by atoms with Crippen molar-refractivity contribution in [1.29, 1.82) is 0 Å². The summed E-state index contributed by atoms with van der Waals surface area (Å²) in [6, 6.07) is 10.4. The summed E-state index contributed by atoms with van der Waals surface area (Å²) in [5.74, 6) is -0.857. The van der Waals surface area contributed by atoms with Crippen LogP contribution in [0.2, 0.25) is 5.02 Å². The smallest absolute Gasteiger partial charge is 0.271 e. The molecule has 118 valence electrons. The molecule has 5 nitrogen and oxygen atoms in total. The monoisotopic (exact) mass is 365 g/mol. The molecule has 0 bridgehead atoms. The highest BCUT2D eigenvalue weighted by atomic mass is 35.5. The first kappa shape index (κ1) is 17.1. The maximum absolute atomic E-state index is 11.9. The van der Waals surface area contributed by atoms with Gasteiger partial charge in [0.15, 0.2) is 5.11 Å². The number of hydrogen-bond donors (Lipinski definition) is 3. The van der Waals surface area contributed by atoms with E-state index in [4.69, 9.17) is 23.8 Å². The molecule has 2 amide bonds. The molecule has 1 heterocycles. The van der Waals surface area contributed by atoms with Crippen molar-refractivity contribution in [3.05, 3.63) is 63.3 Å². The molecule has 1 aromatic heterocycles. The molecule has 0 atom stereocenters. The van der Waals surface area contributed by atoms with E-state index in [1.165, 1.54) is 17.4 Å². The predicted molar refractivity (Wildman–Crippen MR) is 96.1 cm³/mol. The van der Waals surface area contributed by atoms with Crippen molar-refractivity contribution in [2.75, 3.05) is 0 Å². The summed E-state index contributed by atoms with van der Waals surface area (Å²) < 4.78 is 0. The van der Waals surface area contributed by atoms with Gasteiger partial charge < -0.3 is 0 Å². The molecule has 3 N–H and O–H groups in total. The summed E-state index contributed by atoms with van der Waals surface area (Å²) in [5.41, 5.74) is 5.10. The largest absolute Gasteiger partial charge is 0.298 e. The number of nitrogens with one attached hydrogen (secondary N) is 3. The number of rotatable bonds is 3. The Morgan fingerprint density at radius 2 is 1.91 bits per heavy atom. The Morgan fingerprint density at radius 3 is 2.61 bits per heavy atom. The number of benzene rings is 1. The molecule has 2 rings (SSSR count). The van der Waals surface area contributed by atoms with Gasteiger partial charge >= 0.3 is 0 Å². The van der Waals surface area contributed by atoms with E-state index in [2.05, 4.69) is 16.2 Å². The van der Waals surface area contributed by atoms with Gasteiger partial charge in [0.05, 0.1) is 10.6 Å². The van der Waals surface area contributed by atoms with Crippen LogP contribution in [0.5, 0.6) is 0 Å². The molecular formula is C15H12ClN3O2S2.